The van der Waals surface area contributed by atoms with Crippen molar-refractivity contribution in [3.8, 4) is 5.75 Å². The van der Waals surface area contributed by atoms with Gasteiger partial charge in [-0.1, -0.05) is 0 Å². The minimum absolute atomic E-state index is 0.245. The minimum Gasteiger partial charge on any atom is -0.493 e. The Balaban J connectivity index is 1.51. The molecule has 0 aliphatic carbocycles. The van der Waals surface area contributed by atoms with Crippen LogP contribution in [0, 0.1) is 0 Å². The molecule has 0 radical (unpaired) electrons. The monoisotopic (exact) mass is 300 g/mol. The first-order valence-electron chi connectivity index (χ1n) is 7.31. The van der Waals surface area contributed by atoms with Crippen LogP contribution in [-0.2, 0) is 6.42 Å². The zero-order chi connectivity index (χ0) is 14.9. The topological polar surface area (TPSA) is 24.5 Å². The molecule has 2 aliphatic rings. The lowest BCUT2D eigenvalue weighted by molar-refractivity contribution is -0.147. The van der Waals surface area contributed by atoms with Crippen molar-refractivity contribution in [1.82, 2.24) is 4.90 Å². The Labute approximate surface area is 122 Å². The van der Waals surface area contributed by atoms with Crippen LogP contribution >= 0.6 is 0 Å². The smallest absolute Gasteiger partial charge is 0.401 e. The fourth-order valence-electron chi connectivity index (χ4n) is 3.00. The predicted molar refractivity (Wildman–Crippen MR) is 74.8 cm³/mol. The van der Waals surface area contributed by atoms with E-state index in [0.717, 1.165) is 37.3 Å². The highest BCUT2D eigenvalue weighted by molar-refractivity contribution is 5.53. The molecule has 0 saturated carbocycles. The number of anilines is 1. The summed E-state index contributed by atoms with van der Waals surface area (Å²) in [4.78, 5) is 1.48. The minimum atomic E-state index is -4.10. The summed E-state index contributed by atoms with van der Waals surface area (Å²) in [5.74, 6) is 0.945. The standard InChI is InChI=1S/C15H19F3N2O/c16-15(17,18)10-20-6-3-12(4-7-20)19-13-1-2-14-11(9-13)5-8-21-14/h1-2,9,12,19H,3-8,10H2. The average Bonchev–Trinajstić information content (AvgIpc) is 2.87. The number of piperidine rings is 1. The number of benzene rings is 1. The van der Waals surface area contributed by atoms with Gasteiger partial charge in [-0.2, -0.15) is 13.2 Å². The van der Waals surface area contributed by atoms with E-state index in [1.54, 1.807) is 0 Å². The molecule has 0 amide bonds. The van der Waals surface area contributed by atoms with Crippen LogP contribution in [0.4, 0.5) is 18.9 Å². The van der Waals surface area contributed by atoms with E-state index in [9.17, 15) is 13.2 Å². The molecule has 1 N–H and O–H groups in total. The van der Waals surface area contributed by atoms with Crippen molar-refractivity contribution in [1.29, 1.82) is 0 Å². The Hall–Kier alpha value is -1.43. The largest absolute Gasteiger partial charge is 0.493 e. The third-order valence-corrected chi connectivity index (χ3v) is 4.05. The van der Waals surface area contributed by atoms with Crippen LogP contribution in [0.25, 0.3) is 0 Å². The number of nitrogens with zero attached hydrogens (tertiary/aromatic N) is 1. The SMILES string of the molecule is FC(F)(F)CN1CCC(Nc2ccc3c(c2)CCO3)CC1. The normalized spacial score (nSPS) is 20.1. The van der Waals surface area contributed by atoms with E-state index in [-0.39, 0.29) is 6.04 Å². The average molecular weight is 300 g/mol. The van der Waals surface area contributed by atoms with Crippen molar-refractivity contribution >= 4 is 5.69 Å². The van der Waals surface area contributed by atoms with Crippen LogP contribution in [0.15, 0.2) is 18.2 Å². The second-order valence-electron chi connectivity index (χ2n) is 5.73. The van der Waals surface area contributed by atoms with Gasteiger partial charge in [-0.15, -0.1) is 0 Å². The number of ether oxygens (including phenoxy) is 1. The number of rotatable bonds is 3. The molecule has 21 heavy (non-hydrogen) atoms. The van der Waals surface area contributed by atoms with Gasteiger partial charge in [0.1, 0.15) is 5.75 Å². The van der Waals surface area contributed by atoms with Crippen LogP contribution in [0.1, 0.15) is 18.4 Å². The molecule has 0 aromatic heterocycles. The van der Waals surface area contributed by atoms with Gasteiger partial charge in [-0.3, -0.25) is 4.90 Å². The van der Waals surface area contributed by atoms with Crippen LogP contribution in [0.5, 0.6) is 5.75 Å². The van der Waals surface area contributed by atoms with E-state index in [2.05, 4.69) is 11.4 Å². The van der Waals surface area contributed by atoms with Gasteiger partial charge >= 0.3 is 6.18 Å². The van der Waals surface area contributed by atoms with E-state index in [1.165, 1.54) is 10.5 Å². The van der Waals surface area contributed by atoms with E-state index < -0.39 is 12.7 Å². The maximum atomic E-state index is 12.3. The highest BCUT2D eigenvalue weighted by Gasteiger charge is 2.32. The molecule has 0 unspecified atom stereocenters. The first-order chi connectivity index (χ1) is 9.99. The Kier molecular flexibility index (Phi) is 3.97. The second kappa shape index (κ2) is 5.75. The maximum absolute atomic E-state index is 12.3. The third kappa shape index (κ3) is 3.81. The first kappa shape index (κ1) is 14.5. The number of likely N-dealkylation sites (tertiary alicyclic amines) is 1. The highest BCUT2D eigenvalue weighted by atomic mass is 19.4. The molecule has 0 atom stereocenters. The number of hydrogen-bond donors (Lipinski definition) is 1. The number of fused-ring (bicyclic) bond motifs is 1. The fraction of sp³-hybridized carbons (Fsp3) is 0.600. The van der Waals surface area contributed by atoms with E-state index in [1.807, 2.05) is 12.1 Å². The molecule has 1 aromatic rings. The zero-order valence-electron chi connectivity index (χ0n) is 11.7. The molecule has 2 heterocycles. The Morgan fingerprint density at radius 2 is 2.00 bits per heavy atom. The van der Waals surface area contributed by atoms with Gasteiger partial charge in [-0.25, -0.2) is 0 Å². The molecule has 2 aliphatic heterocycles. The van der Waals surface area contributed by atoms with Gasteiger partial charge in [0.25, 0.3) is 0 Å². The third-order valence-electron chi connectivity index (χ3n) is 4.05. The zero-order valence-corrected chi connectivity index (χ0v) is 11.7. The fourth-order valence-corrected chi connectivity index (χ4v) is 3.00. The van der Waals surface area contributed by atoms with Crippen LogP contribution < -0.4 is 10.1 Å². The van der Waals surface area contributed by atoms with Crippen LogP contribution in [-0.4, -0.2) is 43.4 Å². The van der Waals surface area contributed by atoms with Crippen molar-refractivity contribution in [2.45, 2.75) is 31.5 Å². The molecule has 6 heteroatoms. The predicted octanol–water partition coefficient (Wildman–Crippen LogP) is 3.06. The van der Waals surface area contributed by atoms with Crippen molar-refractivity contribution < 1.29 is 17.9 Å². The lowest BCUT2D eigenvalue weighted by Crippen LogP contribution is -2.43. The van der Waals surface area contributed by atoms with Crippen molar-refractivity contribution in [2.24, 2.45) is 0 Å². The first-order valence-corrected chi connectivity index (χ1v) is 7.31. The number of nitrogens with one attached hydrogen (secondary N) is 1. The molecule has 3 nitrogen and oxygen atoms in total. The summed E-state index contributed by atoms with van der Waals surface area (Å²) >= 11 is 0. The quantitative estimate of drug-likeness (QED) is 0.928. The Morgan fingerprint density at radius 1 is 1.24 bits per heavy atom. The van der Waals surface area contributed by atoms with Gasteiger partial charge < -0.3 is 10.1 Å². The molecule has 3 rings (SSSR count). The highest BCUT2D eigenvalue weighted by Crippen LogP contribution is 2.29. The maximum Gasteiger partial charge on any atom is 0.401 e. The summed E-state index contributed by atoms with van der Waals surface area (Å²) in [5, 5.41) is 3.43. The Morgan fingerprint density at radius 3 is 2.71 bits per heavy atom. The lowest BCUT2D eigenvalue weighted by atomic mass is 10.0. The van der Waals surface area contributed by atoms with Crippen molar-refractivity contribution in [3.05, 3.63) is 23.8 Å². The van der Waals surface area contributed by atoms with Gasteiger partial charge in [0.15, 0.2) is 0 Å². The Bertz CT molecular complexity index is 496. The summed E-state index contributed by atoms with van der Waals surface area (Å²) in [6.45, 7) is 0.918. The summed E-state index contributed by atoms with van der Waals surface area (Å²) < 4.78 is 42.5. The van der Waals surface area contributed by atoms with Gasteiger partial charge in [0.05, 0.1) is 13.2 Å². The molecule has 0 bridgehead atoms. The van der Waals surface area contributed by atoms with Crippen LogP contribution in [0.3, 0.4) is 0 Å². The van der Waals surface area contributed by atoms with Crippen molar-refractivity contribution in [2.75, 3.05) is 31.6 Å². The van der Waals surface area contributed by atoms with Crippen molar-refractivity contribution in [3.63, 3.8) is 0 Å². The summed E-state index contributed by atoms with van der Waals surface area (Å²) in [6, 6.07) is 6.27. The van der Waals surface area contributed by atoms with Gasteiger partial charge in [0, 0.05) is 31.2 Å². The second-order valence-corrected chi connectivity index (χ2v) is 5.73. The molecular weight excluding hydrogens is 281 g/mol. The number of alkyl halides is 3. The van der Waals surface area contributed by atoms with E-state index >= 15 is 0 Å². The van der Waals surface area contributed by atoms with Gasteiger partial charge in [-0.05, 0) is 36.6 Å². The van der Waals surface area contributed by atoms with E-state index in [4.69, 9.17) is 4.74 Å². The molecule has 1 aromatic carbocycles. The van der Waals surface area contributed by atoms with Gasteiger partial charge in [0.2, 0.25) is 0 Å². The summed E-state index contributed by atoms with van der Waals surface area (Å²) in [7, 11) is 0. The number of halogens is 3. The molecular formula is C15H19F3N2O. The summed E-state index contributed by atoms with van der Waals surface area (Å²) in [5.41, 5.74) is 2.24. The van der Waals surface area contributed by atoms with Crippen LogP contribution in [0.2, 0.25) is 0 Å². The lowest BCUT2D eigenvalue weighted by Gasteiger charge is -2.33. The molecule has 0 spiro atoms. The molecule has 1 saturated heterocycles. The van der Waals surface area contributed by atoms with E-state index in [0.29, 0.717) is 13.1 Å². The molecule has 1 fully saturated rings. The summed E-state index contributed by atoms with van der Waals surface area (Å²) in [6.07, 6.45) is -1.69. The number of hydrogen-bond acceptors (Lipinski definition) is 3. The molecule has 116 valence electrons.